The number of benzene rings is 1. The number of alkyl halides is 3. The van der Waals surface area contributed by atoms with Gasteiger partial charge in [0.15, 0.2) is 0 Å². The van der Waals surface area contributed by atoms with Crippen molar-refractivity contribution in [2.75, 3.05) is 11.9 Å². The smallest absolute Gasteiger partial charge is 0.381 e. The third kappa shape index (κ3) is 3.01. The lowest BCUT2D eigenvalue weighted by atomic mass is 10.1. The molecule has 0 amide bonds. The molecule has 0 aliphatic carbocycles. The normalized spacial score (nSPS) is 11.2. The van der Waals surface area contributed by atoms with Gasteiger partial charge in [0.1, 0.15) is 0 Å². The minimum absolute atomic E-state index is 0.447. The highest BCUT2D eigenvalue weighted by atomic mass is 19.4. The van der Waals surface area contributed by atoms with E-state index >= 15 is 0 Å². The number of hydrogen-bond acceptors (Lipinski definition) is 1. The average molecular weight is 215 g/mol. The summed E-state index contributed by atoms with van der Waals surface area (Å²) >= 11 is 0. The van der Waals surface area contributed by atoms with Crippen LogP contribution in [0.4, 0.5) is 18.9 Å². The van der Waals surface area contributed by atoms with Crippen molar-refractivity contribution in [3.05, 3.63) is 42.0 Å². The second-order valence-electron chi connectivity index (χ2n) is 3.20. The van der Waals surface area contributed by atoms with Crippen molar-refractivity contribution in [2.24, 2.45) is 0 Å². The third-order valence-electron chi connectivity index (χ3n) is 2.00. The van der Waals surface area contributed by atoms with E-state index in [0.717, 1.165) is 17.7 Å². The number of aryl methyl sites for hydroxylation is 1. The molecule has 82 valence electrons. The van der Waals surface area contributed by atoms with Crippen LogP contribution in [0.1, 0.15) is 11.1 Å². The van der Waals surface area contributed by atoms with Crippen LogP contribution in [0.3, 0.4) is 0 Å². The Labute approximate surface area is 86.6 Å². The standard InChI is InChI=1S/C11H12F3N/c1-3-6-15-10-7-9(11(12,13)14)5-4-8(10)2/h3-5,7,15H,1,6H2,2H3. The van der Waals surface area contributed by atoms with Crippen LogP contribution in [0.25, 0.3) is 0 Å². The van der Waals surface area contributed by atoms with Crippen molar-refractivity contribution in [1.82, 2.24) is 0 Å². The number of anilines is 1. The second kappa shape index (κ2) is 4.38. The Morgan fingerprint density at radius 2 is 2.07 bits per heavy atom. The van der Waals surface area contributed by atoms with Crippen LogP contribution in [0.5, 0.6) is 0 Å². The fourth-order valence-electron chi connectivity index (χ4n) is 1.17. The molecule has 0 aliphatic heterocycles. The summed E-state index contributed by atoms with van der Waals surface area (Å²) in [5.41, 5.74) is 0.634. The summed E-state index contributed by atoms with van der Waals surface area (Å²) in [4.78, 5) is 0. The SMILES string of the molecule is C=CCNc1cc(C(F)(F)F)ccc1C. The van der Waals surface area contributed by atoms with Crippen LogP contribution in [-0.4, -0.2) is 6.54 Å². The molecule has 4 heteroatoms. The number of nitrogens with one attached hydrogen (secondary N) is 1. The van der Waals surface area contributed by atoms with Gasteiger partial charge in [0.25, 0.3) is 0 Å². The Bertz CT molecular complexity index is 355. The van der Waals surface area contributed by atoms with Crippen molar-refractivity contribution in [3.8, 4) is 0 Å². The van der Waals surface area contributed by atoms with E-state index in [9.17, 15) is 13.2 Å². The summed E-state index contributed by atoms with van der Waals surface area (Å²) in [7, 11) is 0. The van der Waals surface area contributed by atoms with Gasteiger partial charge in [0, 0.05) is 12.2 Å². The van der Waals surface area contributed by atoms with Gasteiger partial charge in [-0.3, -0.25) is 0 Å². The molecule has 0 radical (unpaired) electrons. The summed E-state index contributed by atoms with van der Waals surface area (Å²) in [6, 6.07) is 3.64. The van der Waals surface area contributed by atoms with Crippen LogP contribution in [0, 0.1) is 6.92 Å². The van der Waals surface area contributed by atoms with Crippen molar-refractivity contribution in [3.63, 3.8) is 0 Å². The van der Waals surface area contributed by atoms with Crippen molar-refractivity contribution >= 4 is 5.69 Å². The van der Waals surface area contributed by atoms with Crippen molar-refractivity contribution < 1.29 is 13.2 Å². The molecule has 0 aliphatic rings. The van der Waals surface area contributed by atoms with Crippen LogP contribution in [0.15, 0.2) is 30.9 Å². The summed E-state index contributed by atoms with van der Waals surface area (Å²) < 4.78 is 37.1. The molecule has 0 fully saturated rings. The van der Waals surface area contributed by atoms with E-state index < -0.39 is 11.7 Å². The molecule has 1 nitrogen and oxygen atoms in total. The lowest BCUT2D eigenvalue weighted by Gasteiger charge is -2.12. The maximum atomic E-state index is 12.4. The van der Waals surface area contributed by atoms with E-state index in [-0.39, 0.29) is 0 Å². The highest BCUT2D eigenvalue weighted by Gasteiger charge is 2.30. The Morgan fingerprint density at radius 1 is 1.40 bits per heavy atom. The summed E-state index contributed by atoms with van der Waals surface area (Å²) in [5.74, 6) is 0. The maximum absolute atomic E-state index is 12.4. The van der Waals surface area contributed by atoms with Crippen LogP contribution < -0.4 is 5.32 Å². The average Bonchev–Trinajstić information content (AvgIpc) is 2.15. The van der Waals surface area contributed by atoms with Gasteiger partial charge in [-0.1, -0.05) is 12.1 Å². The van der Waals surface area contributed by atoms with Gasteiger partial charge >= 0.3 is 6.18 Å². The molecule has 0 spiro atoms. The third-order valence-corrected chi connectivity index (χ3v) is 2.00. The molecule has 0 saturated carbocycles. The lowest BCUT2D eigenvalue weighted by Crippen LogP contribution is -2.07. The van der Waals surface area contributed by atoms with E-state index in [0.29, 0.717) is 12.2 Å². The molecule has 0 bridgehead atoms. The Kier molecular flexibility index (Phi) is 3.39. The zero-order valence-electron chi connectivity index (χ0n) is 8.36. The monoisotopic (exact) mass is 215 g/mol. The van der Waals surface area contributed by atoms with Gasteiger partial charge in [-0.15, -0.1) is 6.58 Å². The summed E-state index contributed by atoms with van der Waals surface area (Å²) in [5, 5.41) is 2.86. The van der Waals surface area contributed by atoms with Gasteiger partial charge in [0.05, 0.1) is 5.56 Å². The van der Waals surface area contributed by atoms with Gasteiger partial charge in [0.2, 0.25) is 0 Å². The van der Waals surface area contributed by atoms with Gasteiger partial charge in [-0.2, -0.15) is 13.2 Å². The number of hydrogen-bond donors (Lipinski definition) is 1. The first-order valence-corrected chi connectivity index (χ1v) is 4.48. The molecule has 1 aromatic rings. The quantitative estimate of drug-likeness (QED) is 0.759. The Hall–Kier alpha value is -1.45. The maximum Gasteiger partial charge on any atom is 0.416 e. The molecule has 15 heavy (non-hydrogen) atoms. The molecule has 1 rings (SSSR count). The first-order valence-electron chi connectivity index (χ1n) is 4.48. The molecule has 0 aromatic heterocycles. The van der Waals surface area contributed by atoms with E-state index in [2.05, 4.69) is 11.9 Å². The summed E-state index contributed by atoms with van der Waals surface area (Å²) in [6.07, 6.45) is -2.70. The van der Waals surface area contributed by atoms with Gasteiger partial charge < -0.3 is 5.32 Å². The predicted molar refractivity (Wildman–Crippen MR) is 54.9 cm³/mol. The topological polar surface area (TPSA) is 12.0 Å². The van der Waals surface area contributed by atoms with Crippen LogP contribution >= 0.6 is 0 Å². The van der Waals surface area contributed by atoms with Crippen LogP contribution in [-0.2, 0) is 6.18 Å². The molecule has 0 saturated heterocycles. The minimum atomic E-state index is -4.29. The van der Waals surface area contributed by atoms with Crippen LogP contribution in [0.2, 0.25) is 0 Å². The first kappa shape index (κ1) is 11.6. The number of halogens is 3. The zero-order chi connectivity index (χ0) is 11.5. The highest BCUT2D eigenvalue weighted by molar-refractivity contribution is 5.53. The first-order chi connectivity index (χ1) is 6.95. The number of rotatable bonds is 3. The Morgan fingerprint density at radius 3 is 2.60 bits per heavy atom. The molecule has 1 N–H and O–H groups in total. The molecule has 1 aromatic carbocycles. The molecular formula is C11H12F3N. The molecular weight excluding hydrogens is 203 g/mol. The fraction of sp³-hybridized carbons (Fsp3) is 0.273. The van der Waals surface area contributed by atoms with Crippen molar-refractivity contribution in [1.29, 1.82) is 0 Å². The van der Waals surface area contributed by atoms with Gasteiger partial charge in [-0.05, 0) is 24.6 Å². The predicted octanol–water partition coefficient (Wildman–Crippen LogP) is 3.61. The largest absolute Gasteiger partial charge is 0.416 e. The molecule has 0 unspecified atom stereocenters. The lowest BCUT2D eigenvalue weighted by molar-refractivity contribution is -0.137. The second-order valence-corrected chi connectivity index (χ2v) is 3.20. The van der Waals surface area contributed by atoms with Crippen molar-refractivity contribution in [2.45, 2.75) is 13.1 Å². The summed E-state index contributed by atoms with van der Waals surface area (Å²) in [6.45, 7) is 5.69. The fourth-order valence-corrected chi connectivity index (χ4v) is 1.17. The highest BCUT2D eigenvalue weighted by Crippen LogP contribution is 2.31. The van der Waals surface area contributed by atoms with E-state index in [1.165, 1.54) is 6.07 Å². The minimum Gasteiger partial charge on any atom is -0.381 e. The van der Waals surface area contributed by atoms with E-state index in [1.54, 1.807) is 13.0 Å². The van der Waals surface area contributed by atoms with E-state index in [1.807, 2.05) is 0 Å². The van der Waals surface area contributed by atoms with E-state index in [4.69, 9.17) is 0 Å². The molecule has 0 atom stereocenters. The van der Waals surface area contributed by atoms with Gasteiger partial charge in [-0.25, -0.2) is 0 Å². The zero-order valence-corrected chi connectivity index (χ0v) is 8.36. The molecule has 0 heterocycles. The Balaban J connectivity index is 3.00.